The van der Waals surface area contributed by atoms with Crippen LogP contribution in [0.5, 0.6) is 5.75 Å². The molecule has 1 N–H and O–H groups in total. The molecule has 1 aromatic heterocycles. The number of fused-ring (bicyclic) bond motifs is 1. The number of anilines is 1. The Labute approximate surface area is 176 Å². The molecular formula is C24H24ClN3O. The maximum Gasteiger partial charge on any atom is 0.118 e. The fraction of sp³-hybridized carbons (Fsp3) is 0.208. The Morgan fingerprint density at radius 3 is 2.38 bits per heavy atom. The maximum absolute atomic E-state index is 6.02. The topological polar surface area (TPSA) is 39.1 Å². The molecule has 0 unspecified atom stereocenters. The summed E-state index contributed by atoms with van der Waals surface area (Å²) in [6, 6.07) is 18.3. The second kappa shape index (κ2) is 8.18. The van der Waals surface area contributed by atoms with Gasteiger partial charge in [-0.05, 0) is 66.4 Å². The van der Waals surface area contributed by atoms with Gasteiger partial charge in [-0.3, -0.25) is 0 Å². The van der Waals surface area contributed by atoms with E-state index in [2.05, 4.69) is 54.1 Å². The van der Waals surface area contributed by atoms with Crippen molar-refractivity contribution in [3.8, 4) is 5.75 Å². The summed E-state index contributed by atoms with van der Waals surface area (Å²) in [5.41, 5.74) is 8.07. The molecular weight excluding hydrogens is 382 g/mol. The number of aromatic nitrogens is 2. The molecule has 3 aromatic carbocycles. The van der Waals surface area contributed by atoms with Gasteiger partial charge in [-0.1, -0.05) is 35.9 Å². The quantitative estimate of drug-likeness (QED) is 0.429. The van der Waals surface area contributed by atoms with E-state index in [0.717, 1.165) is 40.6 Å². The Morgan fingerprint density at radius 1 is 1.00 bits per heavy atom. The van der Waals surface area contributed by atoms with Crippen LogP contribution < -0.4 is 10.1 Å². The fourth-order valence-electron chi connectivity index (χ4n) is 3.49. The predicted octanol–water partition coefficient (Wildman–Crippen LogP) is 5.98. The molecule has 0 radical (unpaired) electrons. The highest BCUT2D eigenvalue weighted by Crippen LogP contribution is 2.30. The van der Waals surface area contributed by atoms with Crippen LogP contribution in [0.2, 0.25) is 5.02 Å². The standard InChI is InChI=1S/C24H24ClN3O/c1-16-12-22-24(27-15-28(22)14-19-4-8-20(25)9-5-19)23(17(16)2)26-13-18-6-10-21(29-3)11-7-18/h4-12,15,26H,13-14H2,1-3H3. The van der Waals surface area contributed by atoms with Crippen LogP contribution in [0.4, 0.5) is 5.69 Å². The number of imidazole rings is 1. The van der Waals surface area contributed by atoms with Gasteiger partial charge in [0.05, 0.1) is 24.6 Å². The highest BCUT2D eigenvalue weighted by atomic mass is 35.5. The second-order valence-corrected chi connectivity index (χ2v) is 7.70. The van der Waals surface area contributed by atoms with Crippen molar-refractivity contribution in [2.45, 2.75) is 26.9 Å². The number of hydrogen-bond acceptors (Lipinski definition) is 3. The third-order valence-corrected chi connectivity index (χ3v) is 5.58. The van der Waals surface area contributed by atoms with Gasteiger partial charge in [0.25, 0.3) is 0 Å². The van der Waals surface area contributed by atoms with E-state index in [0.29, 0.717) is 0 Å². The van der Waals surface area contributed by atoms with E-state index in [1.165, 1.54) is 22.3 Å². The lowest BCUT2D eigenvalue weighted by Crippen LogP contribution is -2.04. The molecule has 0 fully saturated rings. The van der Waals surface area contributed by atoms with Gasteiger partial charge >= 0.3 is 0 Å². The van der Waals surface area contributed by atoms with Crippen LogP contribution in [0, 0.1) is 13.8 Å². The summed E-state index contributed by atoms with van der Waals surface area (Å²) in [6.07, 6.45) is 1.91. The van der Waals surface area contributed by atoms with E-state index < -0.39 is 0 Å². The van der Waals surface area contributed by atoms with Gasteiger partial charge < -0.3 is 14.6 Å². The van der Waals surface area contributed by atoms with Gasteiger partial charge in [0, 0.05) is 18.1 Å². The Kier molecular flexibility index (Phi) is 5.45. The lowest BCUT2D eigenvalue weighted by Gasteiger charge is -2.14. The van der Waals surface area contributed by atoms with Crippen molar-refractivity contribution >= 4 is 28.3 Å². The van der Waals surface area contributed by atoms with Gasteiger partial charge in [0.1, 0.15) is 11.3 Å². The van der Waals surface area contributed by atoms with Crippen LogP contribution in [-0.2, 0) is 13.1 Å². The van der Waals surface area contributed by atoms with Crippen LogP contribution in [0.25, 0.3) is 11.0 Å². The van der Waals surface area contributed by atoms with Crippen molar-refractivity contribution in [2.24, 2.45) is 0 Å². The van der Waals surface area contributed by atoms with E-state index in [9.17, 15) is 0 Å². The third-order valence-electron chi connectivity index (χ3n) is 5.33. The van der Waals surface area contributed by atoms with Crippen molar-refractivity contribution in [3.63, 3.8) is 0 Å². The van der Waals surface area contributed by atoms with Gasteiger partial charge in [-0.25, -0.2) is 4.98 Å². The number of ether oxygens (including phenoxy) is 1. The summed E-state index contributed by atoms with van der Waals surface area (Å²) in [5, 5.41) is 4.35. The number of benzene rings is 3. The van der Waals surface area contributed by atoms with E-state index in [-0.39, 0.29) is 0 Å². The zero-order chi connectivity index (χ0) is 20.4. The maximum atomic E-state index is 6.02. The average molecular weight is 406 g/mol. The first kappa shape index (κ1) is 19.3. The van der Waals surface area contributed by atoms with Crippen LogP contribution >= 0.6 is 11.6 Å². The Bertz CT molecular complexity index is 1130. The molecule has 0 bridgehead atoms. The summed E-state index contributed by atoms with van der Waals surface area (Å²) in [6.45, 7) is 5.78. The van der Waals surface area contributed by atoms with Crippen molar-refractivity contribution in [1.82, 2.24) is 9.55 Å². The second-order valence-electron chi connectivity index (χ2n) is 7.26. The molecule has 1 heterocycles. The van der Waals surface area contributed by atoms with E-state index in [1.54, 1.807) is 7.11 Å². The monoisotopic (exact) mass is 405 g/mol. The van der Waals surface area contributed by atoms with Crippen molar-refractivity contribution in [1.29, 1.82) is 0 Å². The van der Waals surface area contributed by atoms with Crippen LogP contribution in [0.3, 0.4) is 0 Å². The first-order valence-electron chi connectivity index (χ1n) is 9.61. The molecule has 29 heavy (non-hydrogen) atoms. The van der Waals surface area contributed by atoms with Gasteiger partial charge in [0.15, 0.2) is 0 Å². The molecule has 0 spiro atoms. The molecule has 0 atom stereocenters. The Morgan fingerprint density at radius 2 is 1.69 bits per heavy atom. The SMILES string of the molecule is COc1ccc(CNc2c(C)c(C)cc3c2ncn3Cc2ccc(Cl)cc2)cc1. The summed E-state index contributed by atoms with van der Waals surface area (Å²) < 4.78 is 7.43. The summed E-state index contributed by atoms with van der Waals surface area (Å²) in [7, 11) is 1.68. The minimum Gasteiger partial charge on any atom is -0.497 e. The number of hydrogen-bond donors (Lipinski definition) is 1. The molecule has 0 aliphatic rings. The highest BCUT2D eigenvalue weighted by molar-refractivity contribution is 6.30. The zero-order valence-corrected chi connectivity index (χ0v) is 17.6. The average Bonchev–Trinajstić information content (AvgIpc) is 3.12. The smallest absolute Gasteiger partial charge is 0.118 e. The van der Waals surface area contributed by atoms with Crippen LogP contribution in [-0.4, -0.2) is 16.7 Å². The largest absolute Gasteiger partial charge is 0.497 e. The minimum atomic E-state index is 0.730. The molecule has 4 nitrogen and oxygen atoms in total. The lowest BCUT2D eigenvalue weighted by atomic mass is 10.1. The van der Waals surface area contributed by atoms with Crippen molar-refractivity contribution in [3.05, 3.63) is 88.2 Å². The molecule has 4 rings (SSSR count). The first-order chi connectivity index (χ1) is 14.0. The molecule has 0 saturated carbocycles. The summed E-state index contributed by atoms with van der Waals surface area (Å²) in [4.78, 5) is 4.73. The minimum absolute atomic E-state index is 0.730. The normalized spacial score (nSPS) is 11.0. The number of nitrogens with zero attached hydrogens (tertiary/aromatic N) is 2. The molecule has 0 aliphatic heterocycles. The molecule has 0 aliphatic carbocycles. The lowest BCUT2D eigenvalue weighted by molar-refractivity contribution is 0.414. The van der Waals surface area contributed by atoms with Crippen LogP contribution in [0.1, 0.15) is 22.3 Å². The first-order valence-corrected chi connectivity index (χ1v) is 9.99. The van der Waals surface area contributed by atoms with Gasteiger partial charge in [-0.15, -0.1) is 0 Å². The predicted molar refractivity (Wildman–Crippen MR) is 120 cm³/mol. The number of halogens is 1. The van der Waals surface area contributed by atoms with Crippen molar-refractivity contribution in [2.75, 3.05) is 12.4 Å². The van der Waals surface area contributed by atoms with E-state index >= 15 is 0 Å². The molecule has 5 heteroatoms. The van der Waals surface area contributed by atoms with Crippen LogP contribution in [0.15, 0.2) is 60.9 Å². The van der Waals surface area contributed by atoms with Crippen molar-refractivity contribution < 1.29 is 4.74 Å². The van der Waals surface area contributed by atoms with Gasteiger partial charge in [0.2, 0.25) is 0 Å². The molecule has 148 valence electrons. The highest BCUT2D eigenvalue weighted by Gasteiger charge is 2.13. The number of nitrogens with one attached hydrogen (secondary N) is 1. The fourth-order valence-corrected chi connectivity index (χ4v) is 3.61. The number of aryl methyl sites for hydroxylation is 1. The summed E-state index contributed by atoms with van der Waals surface area (Å²) >= 11 is 6.02. The molecule has 0 amide bonds. The Balaban J connectivity index is 1.63. The molecule has 4 aromatic rings. The third kappa shape index (κ3) is 4.08. The zero-order valence-electron chi connectivity index (χ0n) is 16.9. The van der Waals surface area contributed by atoms with Gasteiger partial charge in [-0.2, -0.15) is 0 Å². The number of methoxy groups -OCH3 is 1. The summed E-state index contributed by atoms with van der Waals surface area (Å²) in [5.74, 6) is 0.865. The number of rotatable bonds is 6. The van der Waals surface area contributed by atoms with E-state index in [4.69, 9.17) is 21.3 Å². The molecule has 0 saturated heterocycles. The van der Waals surface area contributed by atoms with E-state index in [1.807, 2.05) is 30.6 Å². The Hall–Kier alpha value is -2.98.